The zero-order valence-electron chi connectivity index (χ0n) is 20.4. The minimum atomic E-state index is -3.63. The van der Waals surface area contributed by atoms with Gasteiger partial charge in [-0.2, -0.15) is 0 Å². The van der Waals surface area contributed by atoms with Gasteiger partial charge in [-0.15, -0.1) is 0 Å². The van der Waals surface area contributed by atoms with Crippen LogP contribution in [0.25, 0.3) is 0 Å². The van der Waals surface area contributed by atoms with E-state index < -0.39 is 27.4 Å². The van der Waals surface area contributed by atoms with Crippen LogP contribution < -0.4 is 9.62 Å². The van der Waals surface area contributed by atoms with Crippen molar-refractivity contribution in [3.8, 4) is 0 Å². The van der Waals surface area contributed by atoms with Gasteiger partial charge in [-0.25, -0.2) is 12.8 Å². The summed E-state index contributed by atoms with van der Waals surface area (Å²) >= 11 is 0. The van der Waals surface area contributed by atoms with Crippen LogP contribution in [0.2, 0.25) is 0 Å². The number of halogens is 1. The van der Waals surface area contributed by atoms with E-state index in [-0.39, 0.29) is 37.7 Å². The Hall–Kier alpha value is -2.94. The molecule has 9 heteroatoms. The molecule has 1 N–H and O–H groups in total. The highest BCUT2D eigenvalue weighted by molar-refractivity contribution is 7.92. The van der Waals surface area contributed by atoms with Crippen LogP contribution in [0.5, 0.6) is 0 Å². The number of hydrogen-bond donors (Lipinski definition) is 1. The minimum absolute atomic E-state index is 0.0488. The number of hydrogen-bond acceptors (Lipinski definition) is 4. The van der Waals surface area contributed by atoms with Crippen LogP contribution in [0, 0.1) is 5.82 Å². The van der Waals surface area contributed by atoms with Crippen molar-refractivity contribution in [3.63, 3.8) is 0 Å². The van der Waals surface area contributed by atoms with Gasteiger partial charge in [-0.05, 0) is 63.9 Å². The number of carbonyl (C=O) groups excluding carboxylic acids is 2. The summed E-state index contributed by atoms with van der Waals surface area (Å²) in [6.45, 7) is 7.61. The predicted molar refractivity (Wildman–Crippen MR) is 132 cm³/mol. The van der Waals surface area contributed by atoms with E-state index >= 15 is 0 Å². The van der Waals surface area contributed by atoms with Crippen LogP contribution in [-0.2, 0) is 26.2 Å². The molecule has 186 valence electrons. The Morgan fingerprint density at radius 1 is 1.03 bits per heavy atom. The van der Waals surface area contributed by atoms with Gasteiger partial charge in [-0.3, -0.25) is 13.9 Å². The third kappa shape index (κ3) is 8.44. The summed E-state index contributed by atoms with van der Waals surface area (Å²) < 4.78 is 39.0. The Morgan fingerprint density at radius 2 is 1.62 bits per heavy atom. The van der Waals surface area contributed by atoms with Crippen molar-refractivity contribution in [1.29, 1.82) is 0 Å². The number of benzene rings is 2. The lowest BCUT2D eigenvalue weighted by molar-refractivity contribution is -0.141. The Morgan fingerprint density at radius 3 is 2.15 bits per heavy atom. The molecule has 2 aromatic rings. The highest BCUT2D eigenvalue weighted by Gasteiger charge is 2.28. The third-order valence-corrected chi connectivity index (χ3v) is 6.32. The Balaban J connectivity index is 2.15. The molecule has 0 bridgehead atoms. The van der Waals surface area contributed by atoms with E-state index in [9.17, 15) is 22.4 Å². The van der Waals surface area contributed by atoms with E-state index in [1.165, 1.54) is 29.2 Å². The number of sulfonamides is 1. The van der Waals surface area contributed by atoms with Crippen molar-refractivity contribution < 1.29 is 22.4 Å². The van der Waals surface area contributed by atoms with Gasteiger partial charge in [0.1, 0.15) is 11.9 Å². The van der Waals surface area contributed by atoms with E-state index in [0.29, 0.717) is 5.69 Å². The lowest BCUT2D eigenvalue weighted by Crippen LogP contribution is -2.52. The Bertz CT molecular complexity index is 1070. The summed E-state index contributed by atoms with van der Waals surface area (Å²) in [5.74, 6) is -0.986. The second-order valence-electron chi connectivity index (χ2n) is 9.34. The normalized spacial score (nSPS) is 12.6. The molecule has 0 radical (unpaired) electrons. The zero-order chi connectivity index (χ0) is 25.5. The molecule has 0 heterocycles. The highest BCUT2D eigenvalue weighted by atomic mass is 32.2. The maximum Gasteiger partial charge on any atom is 0.242 e. The zero-order valence-corrected chi connectivity index (χ0v) is 21.2. The maximum absolute atomic E-state index is 13.3. The monoisotopic (exact) mass is 491 g/mol. The fourth-order valence-corrected chi connectivity index (χ4v) is 4.41. The maximum atomic E-state index is 13.3. The van der Waals surface area contributed by atoms with Crippen molar-refractivity contribution in [1.82, 2.24) is 10.2 Å². The molecule has 0 saturated carbocycles. The molecule has 0 aromatic heterocycles. The second-order valence-corrected chi connectivity index (χ2v) is 11.2. The molecule has 1 atom stereocenters. The van der Waals surface area contributed by atoms with Gasteiger partial charge >= 0.3 is 0 Å². The molecule has 0 saturated heterocycles. The van der Waals surface area contributed by atoms with Gasteiger partial charge in [0.2, 0.25) is 21.8 Å². The van der Waals surface area contributed by atoms with Crippen molar-refractivity contribution in [2.75, 3.05) is 17.1 Å². The molecular weight excluding hydrogens is 457 g/mol. The smallest absolute Gasteiger partial charge is 0.242 e. The average Bonchev–Trinajstić information content (AvgIpc) is 2.74. The summed E-state index contributed by atoms with van der Waals surface area (Å²) in [6.07, 6.45) is 1.36. The SMILES string of the molecule is C[C@H](C(=O)NC(C)(C)C)N(Cc1ccccc1)C(=O)CCCN(c1ccc(F)cc1)S(C)(=O)=O. The molecule has 7 nitrogen and oxygen atoms in total. The largest absolute Gasteiger partial charge is 0.350 e. The first kappa shape index (κ1) is 27.3. The van der Waals surface area contributed by atoms with Crippen molar-refractivity contribution in [2.24, 2.45) is 0 Å². The summed E-state index contributed by atoms with van der Waals surface area (Å²) in [5, 5.41) is 2.91. The lowest BCUT2D eigenvalue weighted by atomic mass is 10.1. The van der Waals surface area contributed by atoms with E-state index in [1.807, 2.05) is 51.1 Å². The van der Waals surface area contributed by atoms with E-state index in [2.05, 4.69) is 5.32 Å². The van der Waals surface area contributed by atoms with Gasteiger partial charge in [0.25, 0.3) is 0 Å². The first-order valence-corrected chi connectivity index (χ1v) is 13.0. The van der Waals surface area contributed by atoms with Crippen LogP contribution in [0.3, 0.4) is 0 Å². The van der Waals surface area contributed by atoms with Crippen LogP contribution >= 0.6 is 0 Å². The van der Waals surface area contributed by atoms with Crippen molar-refractivity contribution in [3.05, 3.63) is 66.0 Å². The Labute approximate surface area is 202 Å². The number of amides is 2. The molecule has 0 aliphatic rings. The molecule has 0 aliphatic heterocycles. The predicted octanol–water partition coefficient (Wildman–Crippen LogP) is 3.70. The van der Waals surface area contributed by atoms with E-state index in [1.54, 1.807) is 6.92 Å². The van der Waals surface area contributed by atoms with Gasteiger partial charge in [0.15, 0.2) is 0 Å². The van der Waals surface area contributed by atoms with Crippen molar-refractivity contribution >= 4 is 27.5 Å². The molecule has 34 heavy (non-hydrogen) atoms. The van der Waals surface area contributed by atoms with Crippen molar-refractivity contribution in [2.45, 2.75) is 58.7 Å². The molecular formula is C25H34FN3O4S. The number of rotatable bonds is 10. The van der Waals surface area contributed by atoms with Gasteiger partial charge in [-0.1, -0.05) is 30.3 Å². The number of nitrogens with zero attached hydrogens (tertiary/aromatic N) is 2. The highest BCUT2D eigenvalue weighted by Crippen LogP contribution is 2.19. The second kappa shape index (κ2) is 11.5. The molecule has 0 fully saturated rings. The number of nitrogens with one attached hydrogen (secondary N) is 1. The number of anilines is 1. The van der Waals surface area contributed by atoms with Gasteiger partial charge in [0, 0.05) is 25.0 Å². The van der Waals surface area contributed by atoms with Crippen LogP contribution in [-0.4, -0.2) is 49.5 Å². The first-order valence-electron chi connectivity index (χ1n) is 11.2. The van der Waals surface area contributed by atoms with Gasteiger partial charge in [0.05, 0.1) is 11.9 Å². The molecule has 2 amide bonds. The van der Waals surface area contributed by atoms with Crippen LogP contribution in [0.1, 0.15) is 46.1 Å². The summed E-state index contributed by atoms with van der Waals surface area (Å²) in [6, 6.07) is 13.8. The summed E-state index contributed by atoms with van der Waals surface area (Å²) in [5.41, 5.74) is 0.767. The summed E-state index contributed by atoms with van der Waals surface area (Å²) in [7, 11) is -3.63. The van der Waals surface area contributed by atoms with Crippen LogP contribution in [0.4, 0.5) is 10.1 Å². The molecule has 0 unspecified atom stereocenters. The fourth-order valence-electron chi connectivity index (χ4n) is 3.45. The van der Waals surface area contributed by atoms with E-state index in [0.717, 1.165) is 16.1 Å². The Kier molecular flexibility index (Phi) is 9.21. The standard InChI is InChI=1S/C25H34FN3O4S/c1-19(24(31)27-25(2,3)4)28(18-20-10-7-6-8-11-20)23(30)12-9-17-29(34(5,32)33)22-15-13-21(26)14-16-22/h6-8,10-11,13-16,19H,9,12,17-18H2,1-5H3,(H,27,31)/t19-/m1/s1. The van der Waals surface area contributed by atoms with E-state index in [4.69, 9.17) is 0 Å². The first-order chi connectivity index (χ1) is 15.8. The summed E-state index contributed by atoms with van der Waals surface area (Å²) in [4.78, 5) is 27.5. The number of carbonyl (C=O) groups is 2. The van der Waals surface area contributed by atoms with Gasteiger partial charge < -0.3 is 10.2 Å². The molecule has 0 aliphatic carbocycles. The average molecular weight is 492 g/mol. The van der Waals surface area contributed by atoms with Crippen LogP contribution in [0.15, 0.2) is 54.6 Å². The molecule has 0 spiro atoms. The third-order valence-electron chi connectivity index (χ3n) is 5.13. The lowest BCUT2D eigenvalue weighted by Gasteiger charge is -2.32. The molecule has 2 aromatic carbocycles. The topological polar surface area (TPSA) is 86.8 Å². The fraction of sp³-hybridized carbons (Fsp3) is 0.440. The quantitative estimate of drug-likeness (QED) is 0.549. The minimum Gasteiger partial charge on any atom is -0.350 e. The molecule has 2 rings (SSSR count).